The quantitative estimate of drug-likeness (QED) is 0.747. The minimum Gasteiger partial charge on any atom is -0.293 e. The molecule has 0 saturated carbocycles. The van der Waals surface area contributed by atoms with E-state index >= 15 is 0 Å². The predicted molar refractivity (Wildman–Crippen MR) is 61.0 cm³/mol. The fraction of sp³-hybridized carbons (Fsp3) is 0.333. The highest BCUT2D eigenvalue weighted by atomic mass is 16.1. The van der Waals surface area contributed by atoms with Crippen LogP contribution in [-0.4, -0.2) is 9.55 Å². The largest absolute Gasteiger partial charge is 0.293 e. The smallest absolute Gasteiger partial charge is 0.252 e. The summed E-state index contributed by atoms with van der Waals surface area (Å²) < 4.78 is 1.73. The maximum atomic E-state index is 11.6. The predicted octanol–water partition coefficient (Wildman–Crippen LogP) is 2.11. The molecule has 0 atom stereocenters. The van der Waals surface area contributed by atoms with E-state index in [2.05, 4.69) is 11.9 Å². The minimum atomic E-state index is 0.0284. The van der Waals surface area contributed by atoms with E-state index in [1.54, 1.807) is 16.8 Å². The molecule has 0 aromatic carbocycles. The first-order chi connectivity index (χ1) is 7.22. The number of hydrogen-bond acceptors (Lipinski definition) is 2. The third-order valence-corrected chi connectivity index (χ3v) is 2.41. The second kappa shape index (κ2) is 3.85. The Bertz CT molecular complexity index is 543. The van der Waals surface area contributed by atoms with Gasteiger partial charge in [0.1, 0.15) is 5.65 Å². The van der Waals surface area contributed by atoms with Crippen LogP contribution in [0, 0.1) is 6.92 Å². The van der Waals surface area contributed by atoms with Gasteiger partial charge in [-0.15, -0.1) is 0 Å². The fourth-order valence-electron chi connectivity index (χ4n) is 1.73. The van der Waals surface area contributed by atoms with E-state index in [-0.39, 0.29) is 5.56 Å². The van der Waals surface area contributed by atoms with Gasteiger partial charge in [-0.1, -0.05) is 6.92 Å². The molecular weight excluding hydrogens is 188 g/mol. The minimum absolute atomic E-state index is 0.0284. The number of nitrogens with zero attached hydrogens (tertiary/aromatic N) is 2. The number of aromatic nitrogens is 2. The molecule has 0 N–H and O–H groups in total. The molecule has 15 heavy (non-hydrogen) atoms. The van der Waals surface area contributed by atoms with Crippen molar-refractivity contribution in [3.8, 4) is 0 Å². The Balaban J connectivity index is 2.76. The van der Waals surface area contributed by atoms with E-state index in [0.29, 0.717) is 0 Å². The molecule has 2 aromatic heterocycles. The summed E-state index contributed by atoms with van der Waals surface area (Å²) in [5.41, 5.74) is 1.93. The van der Waals surface area contributed by atoms with Crippen LogP contribution in [0.4, 0.5) is 0 Å². The lowest BCUT2D eigenvalue weighted by Gasteiger charge is -2.07. The molecule has 2 heterocycles. The van der Waals surface area contributed by atoms with E-state index in [0.717, 1.165) is 29.6 Å². The average Bonchev–Trinajstić information content (AvgIpc) is 2.22. The van der Waals surface area contributed by atoms with E-state index < -0.39 is 0 Å². The second-order valence-corrected chi connectivity index (χ2v) is 3.75. The molecule has 78 valence electrons. The third kappa shape index (κ3) is 1.77. The Kier molecular flexibility index (Phi) is 2.54. The van der Waals surface area contributed by atoms with Crippen LogP contribution in [0.1, 0.15) is 18.9 Å². The average molecular weight is 202 g/mol. The molecule has 0 radical (unpaired) electrons. The normalized spacial score (nSPS) is 10.8. The van der Waals surface area contributed by atoms with Gasteiger partial charge in [0.15, 0.2) is 0 Å². The maximum absolute atomic E-state index is 11.6. The summed E-state index contributed by atoms with van der Waals surface area (Å²) in [5.74, 6) is 0. The Morgan fingerprint density at radius 3 is 2.93 bits per heavy atom. The van der Waals surface area contributed by atoms with Crippen molar-refractivity contribution in [3.63, 3.8) is 0 Å². The van der Waals surface area contributed by atoms with Crippen molar-refractivity contribution in [1.82, 2.24) is 9.55 Å². The topological polar surface area (TPSA) is 34.9 Å². The molecule has 0 aliphatic carbocycles. The summed E-state index contributed by atoms with van der Waals surface area (Å²) in [5, 5.41) is 1.03. The molecule has 0 saturated heterocycles. The Morgan fingerprint density at radius 2 is 2.20 bits per heavy atom. The van der Waals surface area contributed by atoms with Gasteiger partial charge < -0.3 is 0 Å². The monoisotopic (exact) mass is 202 g/mol. The number of fused-ring (bicyclic) bond motifs is 1. The molecule has 0 fully saturated rings. The summed E-state index contributed by atoms with van der Waals surface area (Å²) in [6.07, 6.45) is 2.74. The molecule has 3 nitrogen and oxygen atoms in total. The van der Waals surface area contributed by atoms with Crippen LogP contribution in [0.5, 0.6) is 0 Å². The Morgan fingerprint density at radius 1 is 1.40 bits per heavy atom. The van der Waals surface area contributed by atoms with Gasteiger partial charge in [0.2, 0.25) is 0 Å². The van der Waals surface area contributed by atoms with Crippen LogP contribution in [0.15, 0.2) is 29.2 Å². The third-order valence-electron chi connectivity index (χ3n) is 2.41. The molecule has 0 aliphatic heterocycles. The van der Waals surface area contributed by atoms with Crippen molar-refractivity contribution >= 4 is 11.0 Å². The van der Waals surface area contributed by atoms with E-state index in [9.17, 15) is 4.79 Å². The van der Waals surface area contributed by atoms with Crippen LogP contribution in [-0.2, 0) is 6.54 Å². The van der Waals surface area contributed by atoms with E-state index in [4.69, 9.17) is 0 Å². The standard InChI is InChI=1S/C12H14N2O/c1-3-6-14-11(15)5-4-10-7-9(2)8-13-12(10)14/h4-5,7-8H,3,6H2,1-2H3. The van der Waals surface area contributed by atoms with E-state index in [1.165, 1.54) is 0 Å². The highest BCUT2D eigenvalue weighted by Gasteiger charge is 2.02. The second-order valence-electron chi connectivity index (χ2n) is 3.75. The highest BCUT2D eigenvalue weighted by Crippen LogP contribution is 2.10. The first-order valence-corrected chi connectivity index (χ1v) is 5.18. The Labute approximate surface area is 88.4 Å². The lowest BCUT2D eigenvalue weighted by Crippen LogP contribution is -2.19. The van der Waals surface area contributed by atoms with Crippen LogP contribution in [0.2, 0.25) is 0 Å². The zero-order chi connectivity index (χ0) is 10.8. The molecule has 2 aromatic rings. The number of rotatable bonds is 2. The molecule has 0 spiro atoms. The lowest BCUT2D eigenvalue weighted by molar-refractivity contribution is 0.672. The van der Waals surface area contributed by atoms with Gasteiger partial charge in [-0.2, -0.15) is 0 Å². The van der Waals surface area contributed by atoms with Gasteiger partial charge in [-0.3, -0.25) is 9.36 Å². The van der Waals surface area contributed by atoms with Gasteiger partial charge in [0, 0.05) is 24.2 Å². The molecule has 2 rings (SSSR count). The number of pyridine rings is 2. The van der Waals surface area contributed by atoms with Crippen molar-refractivity contribution in [2.24, 2.45) is 0 Å². The molecule has 3 heteroatoms. The molecule has 0 unspecified atom stereocenters. The van der Waals surface area contributed by atoms with Gasteiger partial charge in [-0.05, 0) is 31.0 Å². The van der Waals surface area contributed by atoms with Crippen molar-refractivity contribution in [2.45, 2.75) is 26.8 Å². The first-order valence-electron chi connectivity index (χ1n) is 5.18. The van der Waals surface area contributed by atoms with Crippen LogP contribution in [0.3, 0.4) is 0 Å². The van der Waals surface area contributed by atoms with Gasteiger partial charge >= 0.3 is 0 Å². The zero-order valence-corrected chi connectivity index (χ0v) is 9.03. The van der Waals surface area contributed by atoms with Crippen LogP contribution < -0.4 is 5.56 Å². The van der Waals surface area contributed by atoms with Crippen molar-refractivity contribution < 1.29 is 0 Å². The SMILES string of the molecule is CCCn1c(=O)ccc2cc(C)cnc21. The Hall–Kier alpha value is -1.64. The number of aryl methyl sites for hydroxylation is 2. The van der Waals surface area contributed by atoms with Gasteiger partial charge in [0.25, 0.3) is 5.56 Å². The van der Waals surface area contributed by atoms with Crippen molar-refractivity contribution in [3.05, 3.63) is 40.3 Å². The highest BCUT2D eigenvalue weighted by molar-refractivity contribution is 5.75. The van der Waals surface area contributed by atoms with Crippen LogP contribution >= 0.6 is 0 Å². The van der Waals surface area contributed by atoms with Crippen LogP contribution in [0.25, 0.3) is 11.0 Å². The van der Waals surface area contributed by atoms with Crippen molar-refractivity contribution in [2.75, 3.05) is 0 Å². The first kappa shape index (κ1) is 9.90. The summed E-state index contributed by atoms with van der Waals surface area (Å²) in [4.78, 5) is 16.0. The van der Waals surface area contributed by atoms with Gasteiger partial charge in [-0.25, -0.2) is 4.98 Å². The summed E-state index contributed by atoms with van der Waals surface area (Å²) in [7, 11) is 0. The summed E-state index contributed by atoms with van der Waals surface area (Å²) in [6.45, 7) is 4.79. The maximum Gasteiger partial charge on any atom is 0.252 e. The molecule has 0 amide bonds. The number of hydrogen-bond donors (Lipinski definition) is 0. The fourth-order valence-corrected chi connectivity index (χ4v) is 1.73. The molecule has 0 bridgehead atoms. The summed E-state index contributed by atoms with van der Waals surface area (Å²) in [6, 6.07) is 5.50. The van der Waals surface area contributed by atoms with Gasteiger partial charge in [0.05, 0.1) is 0 Å². The zero-order valence-electron chi connectivity index (χ0n) is 9.03. The summed E-state index contributed by atoms with van der Waals surface area (Å²) >= 11 is 0. The van der Waals surface area contributed by atoms with E-state index in [1.807, 2.05) is 19.1 Å². The molecular formula is C12H14N2O. The van der Waals surface area contributed by atoms with Crippen molar-refractivity contribution in [1.29, 1.82) is 0 Å². The lowest BCUT2D eigenvalue weighted by atomic mass is 10.2. The molecule has 0 aliphatic rings.